The first-order valence-corrected chi connectivity index (χ1v) is 9.44. The van der Waals surface area contributed by atoms with Crippen LogP contribution in [0.2, 0.25) is 5.02 Å². The summed E-state index contributed by atoms with van der Waals surface area (Å²) in [6, 6.07) is 11.0. The predicted octanol–water partition coefficient (Wildman–Crippen LogP) is 2.95. The molecule has 3 aromatic rings. The standard InChI is InChI=1S/C19H19ClN8O/c20-15-3-5-16(6-4-15)23-17-24-18(27-22-13-14-2-1-7-21-12-14)26-19(25-17)28-8-10-29-11-9-28/h1-7,12-13H,8-11H2,(H2,23,24,25,26,27)/b22-13+. The van der Waals surface area contributed by atoms with Crippen LogP contribution < -0.4 is 15.6 Å². The summed E-state index contributed by atoms with van der Waals surface area (Å²) in [5.74, 6) is 1.29. The van der Waals surface area contributed by atoms with Gasteiger partial charge in [-0.25, -0.2) is 5.43 Å². The minimum absolute atomic E-state index is 0.332. The minimum atomic E-state index is 0.332. The number of nitrogens with one attached hydrogen (secondary N) is 2. The lowest BCUT2D eigenvalue weighted by atomic mass is 10.3. The van der Waals surface area contributed by atoms with Gasteiger partial charge in [-0.15, -0.1) is 0 Å². The van der Waals surface area contributed by atoms with E-state index in [-0.39, 0.29) is 0 Å². The average Bonchev–Trinajstić information content (AvgIpc) is 2.77. The molecule has 1 aliphatic heterocycles. The van der Waals surface area contributed by atoms with Gasteiger partial charge in [0.15, 0.2) is 0 Å². The normalized spacial score (nSPS) is 14.2. The van der Waals surface area contributed by atoms with Crippen LogP contribution >= 0.6 is 11.6 Å². The molecule has 9 nitrogen and oxygen atoms in total. The predicted molar refractivity (Wildman–Crippen MR) is 113 cm³/mol. The van der Waals surface area contributed by atoms with E-state index in [0.717, 1.165) is 11.3 Å². The molecule has 1 saturated heterocycles. The summed E-state index contributed by atoms with van der Waals surface area (Å²) < 4.78 is 5.42. The summed E-state index contributed by atoms with van der Waals surface area (Å²) in [6.07, 6.45) is 5.07. The van der Waals surface area contributed by atoms with E-state index in [1.165, 1.54) is 0 Å². The maximum atomic E-state index is 5.96. The fourth-order valence-corrected chi connectivity index (χ4v) is 2.78. The first-order valence-electron chi connectivity index (χ1n) is 9.07. The molecule has 0 bridgehead atoms. The number of ether oxygens (including phenoxy) is 1. The van der Waals surface area contributed by atoms with Crippen molar-refractivity contribution in [2.75, 3.05) is 41.9 Å². The zero-order valence-corrected chi connectivity index (χ0v) is 16.3. The van der Waals surface area contributed by atoms with Gasteiger partial charge in [0.05, 0.1) is 19.4 Å². The van der Waals surface area contributed by atoms with Crippen LogP contribution in [-0.2, 0) is 4.74 Å². The lowest BCUT2D eigenvalue weighted by Gasteiger charge is -2.27. The van der Waals surface area contributed by atoms with Crippen LogP contribution in [0.25, 0.3) is 0 Å². The Kier molecular flexibility index (Phi) is 6.08. The molecule has 2 N–H and O–H groups in total. The zero-order chi connectivity index (χ0) is 19.9. The zero-order valence-electron chi connectivity index (χ0n) is 15.5. The Hall–Kier alpha value is -3.30. The molecular weight excluding hydrogens is 392 g/mol. The molecule has 0 aliphatic carbocycles. The topological polar surface area (TPSA) is 100 Å². The number of nitrogens with zero attached hydrogens (tertiary/aromatic N) is 6. The Morgan fingerprint density at radius 2 is 1.83 bits per heavy atom. The van der Waals surface area contributed by atoms with E-state index in [1.807, 2.05) is 29.2 Å². The van der Waals surface area contributed by atoms with Gasteiger partial charge in [-0.05, 0) is 30.3 Å². The van der Waals surface area contributed by atoms with Gasteiger partial charge in [-0.1, -0.05) is 17.7 Å². The number of rotatable bonds is 6. The highest BCUT2D eigenvalue weighted by Crippen LogP contribution is 2.20. The van der Waals surface area contributed by atoms with E-state index >= 15 is 0 Å². The number of aromatic nitrogens is 4. The van der Waals surface area contributed by atoms with Gasteiger partial charge >= 0.3 is 0 Å². The average molecular weight is 411 g/mol. The third kappa shape index (κ3) is 5.37. The highest BCUT2D eigenvalue weighted by Gasteiger charge is 2.16. The molecule has 0 saturated carbocycles. The van der Waals surface area contributed by atoms with Crippen molar-refractivity contribution in [3.8, 4) is 0 Å². The second-order valence-corrected chi connectivity index (χ2v) is 6.61. The van der Waals surface area contributed by atoms with Crippen molar-refractivity contribution >= 4 is 41.3 Å². The number of morpholine rings is 1. The summed E-state index contributed by atoms with van der Waals surface area (Å²) in [4.78, 5) is 19.6. The Morgan fingerprint density at radius 1 is 1.03 bits per heavy atom. The monoisotopic (exact) mass is 410 g/mol. The number of benzene rings is 1. The molecule has 1 fully saturated rings. The fourth-order valence-electron chi connectivity index (χ4n) is 2.65. The van der Waals surface area contributed by atoms with Gasteiger partial charge in [0, 0.05) is 41.8 Å². The summed E-state index contributed by atoms with van der Waals surface area (Å²) >= 11 is 5.96. The lowest BCUT2D eigenvalue weighted by molar-refractivity contribution is 0.122. The first kappa shape index (κ1) is 19.0. The number of hydrogen-bond acceptors (Lipinski definition) is 9. The molecule has 3 heterocycles. The molecule has 0 atom stereocenters. The van der Waals surface area contributed by atoms with Crippen LogP contribution in [0.15, 0.2) is 53.9 Å². The van der Waals surface area contributed by atoms with Crippen molar-refractivity contribution in [3.63, 3.8) is 0 Å². The number of pyridine rings is 1. The summed E-state index contributed by atoms with van der Waals surface area (Å²) in [5.41, 5.74) is 4.55. The van der Waals surface area contributed by atoms with E-state index in [9.17, 15) is 0 Å². The van der Waals surface area contributed by atoms with Crippen molar-refractivity contribution in [1.82, 2.24) is 19.9 Å². The second-order valence-electron chi connectivity index (χ2n) is 6.17. The fraction of sp³-hybridized carbons (Fsp3) is 0.211. The van der Waals surface area contributed by atoms with E-state index in [1.54, 1.807) is 30.7 Å². The maximum absolute atomic E-state index is 5.96. The molecule has 0 spiro atoms. The molecule has 0 amide bonds. The molecule has 29 heavy (non-hydrogen) atoms. The number of anilines is 4. The van der Waals surface area contributed by atoms with Gasteiger partial charge in [0.2, 0.25) is 17.8 Å². The van der Waals surface area contributed by atoms with E-state index in [0.29, 0.717) is 49.2 Å². The number of hydrogen-bond donors (Lipinski definition) is 2. The summed E-state index contributed by atoms with van der Waals surface area (Å²) in [7, 11) is 0. The third-order valence-corrected chi connectivity index (χ3v) is 4.33. The number of hydrazone groups is 1. The van der Waals surface area contributed by atoms with Gasteiger partial charge in [-0.3, -0.25) is 4.98 Å². The van der Waals surface area contributed by atoms with Crippen molar-refractivity contribution < 1.29 is 4.74 Å². The smallest absolute Gasteiger partial charge is 0.250 e. The van der Waals surface area contributed by atoms with E-state index < -0.39 is 0 Å². The Balaban J connectivity index is 1.56. The van der Waals surface area contributed by atoms with Crippen LogP contribution in [0.5, 0.6) is 0 Å². The Morgan fingerprint density at radius 3 is 2.59 bits per heavy atom. The van der Waals surface area contributed by atoms with Gasteiger partial charge in [-0.2, -0.15) is 20.1 Å². The first-order chi connectivity index (χ1) is 14.3. The molecule has 2 aromatic heterocycles. The maximum Gasteiger partial charge on any atom is 0.250 e. The van der Waals surface area contributed by atoms with Gasteiger partial charge in [0.25, 0.3) is 0 Å². The Labute approximate surface area is 172 Å². The summed E-state index contributed by atoms with van der Waals surface area (Å²) in [5, 5.41) is 8.04. The van der Waals surface area contributed by atoms with Crippen LogP contribution in [0.4, 0.5) is 23.5 Å². The van der Waals surface area contributed by atoms with E-state index in [2.05, 4.69) is 35.8 Å². The van der Waals surface area contributed by atoms with Crippen LogP contribution in [0, 0.1) is 0 Å². The summed E-state index contributed by atoms with van der Waals surface area (Å²) in [6.45, 7) is 2.69. The van der Waals surface area contributed by atoms with Crippen molar-refractivity contribution in [2.45, 2.75) is 0 Å². The molecule has 4 rings (SSSR count). The van der Waals surface area contributed by atoms with Gasteiger partial charge < -0.3 is 15.0 Å². The molecule has 0 unspecified atom stereocenters. The van der Waals surface area contributed by atoms with Crippen LogP contribution in [-0.4, -0.2) is 52.5 Å². The SMILES string of the molecule is Clc1ccc(Nc2nc(N/N=C/c3cccnc3)nc(N3CCOCC3)n2)cc1. The second kappa shape index (κ2) is 9.26. The minimum Gasteiger partial charge on any atom is -0.378 e. The van der Waals surface area contributed by atoms with Crippen LogP contribution in [0.3, 0.4) is 0 Å². The largest absolute Gasteiger partial charge is 0.378 e. The highest BCUT2D eigenvalue weighted by molar-refractivity contribution is 6.30. The van der Waals surface area contributed by atoms with Crippen LogP contribution in [0.1, 0.15) is 5.56 Å². The van der Waals surface area contributed by atoms with Crippen molar-refractivity contribution in [3.05, 3.63) is 59.4 Å². The quantitative estimate of drug-likeness (QED) is 0.472. The van der Waals surface area contributed by atoms with E-state index in [4.69, 9.17) is 16.3 Å². The third-order valence-electron chi connectivity index (χ3n) is 4.08. The lowest BCUT2D eigenvalue weighted by Crippen LogP contribution is -2.37. The molecule has 10 heteroatoms. The molecular formula is C19H19ClN8O. The molecule has 1 aliphatic rings. The van der Waals surface area contributed by atoms with Gasteiger partial charge in [0.1, 0.15) is 0 Å². The molecule has 0 radical (unpaired) electrons. The number of halogens is 1. The van der Waals surface area contributed by atoms with Crippen molar-refractivity contribution in [1.29, 1.82) is 0 Å². The van der Waals surface area contributed by atoms with Crippen molar-refractivity contribution in [2.24, 2.45) is 5.10 Å². The highest BCUT2D eigenvalue weighted by atomic mass is 35.5. The Bertz CT molecular complexity index is 962. The molecule has 148 valence electrons. The molecule has 1 aromatic carbocycles.